The molecule has 1 aliphatic rings. The Kier molecular flexibility index (Phi) is 4.54. The number of aliphatic hydroxyl groups is 1. The van der Waals surface area contributed by atoms with Crippen molar-refractivity contribution in [1.82, 2.24) is 14.8 Å². The van der Waals surface area contributed by atoms with Crippen molar-refractivity contribution in [1.29, 1.82) is 0 Å². The number of β-amino-alcohol motifs (C(OH)–C–C–N with tert-alkyl or cyclic N) is 1. The molecule has 1 amide bonds. The predicted octanol–water partition coefficient (Wildman–Crippen LogP) is 0.517. The fraction of sp³-hybridized carbons (Fsp3) is 0.692. The van der Waals surface area contributed by atoms with E-state index in [4.69, 9.17) is 0 Å². The number of nitrogens with zero attached hydrogens (tertiary/aromatic N) is 3. The van der Waals surface area contributed by atoms with Crippen LogP contribution in [-0.2, 0) is 11.2 Å². The normalized spacial score (nSPS) is 23.3. The third-order valence-corrected chi connectivity index (χ3v) is 4.11. The lowest BCUT2D eigenvalue weighted by molar-refractivity contribution is -0.131. The van der Waals surface area contributed by atoms with Crippen molar-refractivity contribution >= 4 is 17.2 Å². The third-order valence-electron chi connectivity index (χ3n) is 3.29. The van der Waals surface area contributed by atoms with Crippen LogP contribution in [0.15, 0.2) is 5.38 Å². The van der Waals surface area contributed by atoms with Crippen molar-refractivity contribution in [2.24, 2.45) is 0 Å². The number of rotatable bonds is 4. The van der Waals surface area contributed by atoms with Crippen LogP contribution in [-0.4, -0.2) is 65.1 Å². The Morgan fingerprint density at radius 3 is 2.95 bits per heavy atom. The first kappa shape index (κ1) is 14.4. The Labute approximate surface area is 117 Å². The van der Waals surface area contributed by atoms with E-state index in [0.29, 0.717) is 19.4 Å². The quantitative estimate of drug-likeness (QED) is 0.875. The van der Waals surface area contributed by atoms with E-state index in [1.54, 1.807) is 16.2 Å². The molecular weight excluding hydrogens is 262 g/mol. The SMILES string of the molecule is Cc1nc(CC(=O)N2CC(O)CC2CN(C)C)cs1. The van der Waals surface area contributed by atoms with E-state index in [1.807, 2.05) is 26.4 Å². The van der Waals surface area contributed by atoms with Crippen molar-refractivity contribution in [3.05, 3.63) is 16.1 Å². The summed E-state index contributed by atoms with van der Waals surface area (Å²) in [7, 11) is 3.97. The van der Waals surface area contributed by atoms with Gasteiger partial charge in [-0.25, -0.2) is 4.98 Å². The molecule has 106 valence electrons. The van der Waals surface area contributed by atoms with E-state index in [0.717, 1.165) is 17.2 Å². The molecule has 2 heterocycles. The van der Waals surface area contributed by atoms with Crippen LogP contribution >= 0.6 is 11.3 Å². The van der Waals surface area contributed by atoms with Crippen molar-refractivity contribution in [2.75, 3.05) is 27.2 Å². The maximum atomic E-state index is 12.3. The molecule has 1 aromatic heterocycles. The van der Waals surface area contributed by atoms with Gasteiger partial charge < -0.3 is 14.9 Å². The molecule has 0 aliphatic carbocycles. The van der Waals surface area contributed by atoms with Crippen molar-refractivity contribution < 1.29 is 9.90 Å². The zero-order valence-corrected chi connectivity index (χ0v) is 12.5. The van der Waals surface area contributed by atoms with Gasteiger partial charge in [-0.15, -0.1) is 11.3 Å². The van der Waals surface area contributed by atoms with Gasteiger partial charge in [-0.3, -0.25) is 4.79 Å². The maximum Gasteiger partial charge on any atom is 0.229 e. The molecule has 0 radical (unpaired) electrons. The minimum absolute atomic E-state index is 0.0636. The molecule has 2 unspecified atom stereocenters. The Balaban J connectivity index is 2.00. The van der Waals surface area contributed by atoms with Gasteiger partial charge in [0.25, 0.3) is 0 Å². The molecule has 5 nitrogen and oxygen atoms in total. The lowest BCUT2D eigenvalue weighted by Gasteiger charge is -2.26. The lowest BCUT2D eigenvalue weighted by atomic mass is 10.2. The summed E-state index contributed by atoms with van der Waals surface area (Å²) < 4.78 is 0. The number of aliphatic hydroxyl groups excluding tert-OH is 1. The Morgan fingerprint density at radius 2 is 2.37 bits per heavy atom. The number of aryl methyl sites for hydroxylation is 1. The summed E-state index contributed by atoms with van der Waals surface area (Å²) in [5.74, 6) is 0.0636. The van der Waals surface area contributed by atoms with Gasteiger partial charge in [-0.1, -0.05) is 0 Å². The van der Waals surface area contributed by atoms with Crippen LogP contribution < -0.4 is 0 Å². The van der Waals surface area contributed by atoms with Gasteiger partial charge in [0.15, 0.2) is 0 Å². The lowest BCUT2D eigenvalue weighted by Crippen LogP contribution is -2.42. The van der Waals surface area contributed by atoms with Crippen LogP contribution in [0, 0.1) is 6.92 Å². The number of likely N-dealkylation sites (N-methyl/N-ethyl adjacent to an activating group) is 1. The van der Waals surface area contributed by atoms with E-state index < -0.39 is 6.10 Å². The smallest absolute Gasteiger partial charge is 0.229 e. The second kappa shape index (κ2) is 5.98. The summed E-state index contributed by atoms with van der Waals surface area (Å²) >= 11 is 1.56. The molecule has 1 aliphatic heterocycles. The first-order chi connectivity index (χ1) is 8.95. The average molecular weight is 283 g/mol. The van der Waals surface area contributed by atoms with Crippen LogP contribution in [0.4, 0.5) is 0 Å². The molecule has 19 heavy (non-hydrogen) atoms. The van der Waals surface area contributed by atoms with Gasteiger partial charge in [0.05, 0.1) is 23.2 Å². The average Bonchev–Trinajstić information content (AvgIpc) is 2.84. The van der Waals surface area contributed by atoms with Crippen LogP contribution in [0.2, 0.25) is 0 Å². The van der Waals surface area contributed by atoms with Gasteiger partial charge in [0.2, 0.25) is 5.91 Å². The number of carbonyl (C=O) groups excluding carboxylic acids is 1. The zero-order chi connectivity index (χ0) is 14.0. The topological polar surface area (TPSA) is 56.7 Å². The molecule has 2 rings (SSSR count). The minimum atomic E-state index is -0.397. The number of thiazole rings is 1. The summed E-state index contributed by atoms with van der Waals surface area (Å²) in [6.45, 7) is 3.17. The first-order valence-corrected chi connectivity index (χ1v) is 7.37. The minimum Gasteiger partial charge on any atom is -0.391 e. The fourth-order valence-electron chi connectivity index (χ4n) is 2.54. The summed E-state index contributed by atoms with van der Waals surface area (Å²) in [4.78, 5) is 20.5. The molecule has 0 saturated carbocycles. The summed E-state index contributed by atoms with van der Waals surface area (Å²) in [6, 6.07) is 0.109. The van der Waals surface area contributed by atoms with Crippen LogP contribution in [0.3, 0.4) is 0 Å². The highest BCUT2D eigenvalue weighted by Gasteiger charge is 2.34. The van der Waals surface area contributed by atoms with Crippen LogP contribution in [0.5, 0.6) is 0 Å². The molecule has 6 heteroatoms. The van der Waals surface area contributed by atoms with E-state index in [9.17, 15) is 9.90 Å². The zero-order valence-electron chi connectivity index (χ0n) is 11.7. The number of carbonyl (C=O) groups is 1. The van der Waals surface area contributed by atoms with Gasteiger partial charge in [-0.05, 0) is 27.4 Å². The summed E-state index contributed by atoms with van der Waals surface area (Å²) in [5, 5.41) is 12.7. The molecule has 0 spiro atoms. The largest absolute Gasteiger partial charge is 0.391 e. The monoisotopic (exact) mass is 283 g/mol. The molecule has 1 fully saturated rings. The van der Waals surface area contributed by atoms with Gasteiger partial charge in [0, 0.05) is 24.5 Å². The Morgan fingerprint density at radius 1 is 1.63 bits per heavy atom. The molecule has 1 N–H and O–H groups in total. The van der Waals surface area contributed by atoms with E-state index in [1.165, 1.54) is 0 Å². The second-order valence-corrected chi connectivity index (χ2v) is 6.45. The highest BCUT2D eigenvalue weighted by atomic mass is 32.1. The van der Waals surface area contributed by atoms with Crippen molar-refractivity contribution in [2.45, 2.75) is 31.9 Å². The Bertz CT molecular complexity index is 447. The highest BCUT2D eigenvalue weighted by Crippen LogP contribution is 2.20. The van der Waals surface area contributed by atoms with E-state index in [2.05, 4.69) is 9.88 Å². The van der Waals surface area contributed by atoms with Crippen LogP contribution in [0.1, 0.15) is 17.1 Å². The molecule has 1 saturated heterocycles. The molecule has 0 bridgehead atoms. The number of likely N-dealkylation sites (tertiary alicyclic amines) is 1. The number of amides is 1. The molecular formula is C13H21N3O2S. The van der Waals surface area contributed by atoms with Crippen LogP contribution in [0.25, 0.3) is 0 Å². The maximum absolute atomic E-state index is 12.3. The number of hydrogen-bond acceptors (Lipinski definition) is 5. The van der Waals surface area contributed by atoms with Gasteiger partial charge in [0.1, 0.15) is 0 Å². The van der Waals surface area contributed by atoms with E-state index in [-0.39, 0.29) is 11.9 Å². The Hall–Kier alpha value is -0.980. The van der Waals surface area contributed by atoms with Gasteiger partial charge >= 0.3 is 0 Å². The number of aromatic nitrogens is 1. The highest BCUT2D eigenvalue weighted by molar-refractivity contribution is 7.09. The summed E-state index contributed by atoms with van der Waals surface area (Å²) in [5.41, 5.74) is 0.831. The molecule has 2 atom stereocenters. The summed E-state index contributed by atoms with van der Waals surface area (Å²) in [6.07, 6.45) is 0.604. The molecule has 0 aromatic carbocycles. The first-order valence-electron chi connectivity index (χ1n) is 6.49. The number of hydrogen-bond donors (Lipinski definition) is 1. The van der Waals surface area contributed by atoms with E-state index >= 15 is 0 Å². The van der Waals surface area contributed by atoms with Crippen molar-refractivity contribution in [3.63, 3.8) is 0 Å². The second-order valence-electron chi connectivity index (χ2n) is 5.39. The van der Waals surface area contributed by atoms with Gasteiger partial charge in [-0.2, -0.15) is 0 Å². The molecule has 1 aromatic rings. The van der Waals surface area contributed by atoms with Crippen molar-refractivity contribution in [3.8, 4) is 0 Å². The third kappa shape index (κ3) is 3.75. The fourth-order valence-corrected chi connectivity index (χ4v) is 3.15. The predicted molar refractivity (Wildman–Crippen MR) is 75.2 cm³/mol. The standard InChI is InChI=1S/C13H21N3O2S/c1-9-14-10(8-19-9)4-13(18)16-7-12(17)5-11(16)6-15(2)3/h8,11-12,17H,4-7H2,1-3H3.